The maximum Gasteiger partial charge on any atom is 0.196 e. The van der Waals surface area contributed by atoms with Crippen LogP contribution in [0.15, 0.2) is 47.5 Å². The quantitative estimate of drug-likeness (QED) is 0.259. The lowest BCUT2D eigenvalue weighted by atomic mass is 9.97. The van der Waals surface area contributed by atoms with E-state index in [0.717, 1.165) is 43.7 Å². The molecule has 3 N–H and O–H groups in total. The van der Waals surface area contributed by atoms with E-state index in [4.69, 9.17) is 14.5 Å². The molecule has 2 aromatic rings. The highest BCUT2D eigenvalue weighted by molar-refractivity contribution is 14.0. The van der Waals surface area contributed by atoms with Crippen molar-refractivity contribution in [2.75, 3.05) is 50.7 Å². The predicted molar refractivity (Wildman–Crippen MR) is 142 cm³/mol. The van der Waals surface area contributed by atoms with Crippen molar-refractivity contribution in [2.24, 2.45) is 10.9 Å². The fraction of sp³-hybridized carbons (Fsp3) is 0.458. The first kappa shape index (κ1) is 26.1. The minimum absolute atomic E-state index is 0. The minimum Gasteiger partial charge on any atom is -0.493 e. The number of benzene rings is 2. The summed E-state index contributed by atoms with van der Waals surface area (Å²) < 4.78 is 10.7. The number of nitrogens with one attached hydrogen (secondary N) is 2. The Labute approximate surface area is 208 Å². The molecule has 0 saturated carbocycles. The van der Waals surface area contributed by atoms with E-state index in [1.807, 2.05) is 25.1 Å². The maximum absolute atomic E-state index is 9.32. The number of hydrogen-bond acceptors (Lipinski definition) is 5. The van der Waals surface area contributed by atoms with Crippen molar-refractivity contribution in [2.45, 2.75) is 26.3 Å². The summed E-state index contributed by atoms with van der Waals surface area (Å²) >= 11 is 0. The van der Waals surface area contributed by atoms with Crippen LogP contribution in [0.4, 0.5) is 11.4 Å². The molecule has 32 heavy (non-hydrogen) atoms. The van der Waals surface area contributed by atoms with Crippen LogP contribution in [0.2, 0.25) is 0 Å². The molecule has 0 radical (unpaired) electrons. The molecule has 2 aromatic carbocycles. The number of guanidine groups is 1. The van der Waals surface area contributed by atoms with E-state index in [0.29, 0.717) is 36.5 Å². The Hall–Kier alpha value is -2.20. The third kappa shape index (κ3) is 7.16. The smallest absolute Gasteiger partial charge is 0.196 e. The first-order valence-corrected chi connectivity index (χ1v) is 10.9. The Morgan fingerprint density at radius 1 is 1.06 bits per heavy atom. The molecule has 1 aliphatic heterocycles. The lowest BCUT2D eigenvalue weighted by Gasteiger charge is -2.32. The van der Waals surface area contributed by atoms with Crippen molar-refractivity contribution in [3.8, 4) is 11.5 Å². The summed E-state index contributed by atoms with van der Waals surface area (Å²) in [6.45, 7) is 5.69. The van der Waals surface area contributed by atoms with Gasteiger partial charge in [0.2, 0.25) is 0 Å². The highest BCUT2D eigenvalue weighted by Gasteiger charge is 2.18. The number of piperidine rings is 1. The summed E-state index contributed by atoms with van der Waals surface area (Å²) in [7, 11) is 3.25. The third-order valence-corrected chi connectivity index (χ3v) is 5.58. The van der Waals surface area contributed by atoms with Gasteiger partial charge in [-0.1, -0.05) is 12.1 Å². The van der Waals surface area contributed by atoms with E-state index in [9.17, 15) is 5.11 Å². The highest BCUT2D eigenvalue weighted by atomic mass is 127. The second-order valence-electron chi connectivity index (χ2n) is 7.67. The van der Waals surface area contributed by atoms with Crippen molar-refractivity contribution < 1.29 is 14.6 Å². The van der Waals surface area contributed by atoms with Gasteiger partial charge in [0, 0.05) is 43.7 Å². The van der Waals surface area contributed by atoms with E-state index >= 15 is 0 Å². The molecular formula is C24H35IN4O3. The lowest BCUT2D eigenvalue weighted by Crippen LogP contribution is -2.34. The molecule has 176 valence electrons. The van der Waals surface area contributed by atoms with Crippen molar-refractivity contribution in [3.63, 3.8) is 0 Å². The van der Waals surface area contributed by atoms with Gasteiger partial charge in [0.05, 0.1) is 20.8 Å². The Bertz CT molecular complexity index is 853. The topological polar surface area (TPSA) is 78.4 Å². The second-order valence-corrected chi connectivity index (χ2v) is 7.67. The second kappa shape index (κ2) is 13.4. The molecule has 3 rings (SSSR count). The van der Waals surface area contributed by atoms with Crippen molar-refractivity contribution >= 4 is 41.3 Å². The van der Waals surface area contributed by atoms with Gasteiger partial charge in [0.15, 0.2) is 17.5 Å². The van der Waals surface area contributed by atoms with Gasteiger partial charge >= 0.3 is 0 Å². The Kier molecular flexibility index (Phi) is 10.9. The molecule has 0 amide bonds. The van der Waals surface area contributed by atoms with E-state index in [1.54, 1.807) is 14.2 Å². The summed E-state index contributed by atoms with van der Waals surface area (Å²) in [6.07, 6.45) is 2.10. The largest absolute Gasteiger partial charge is 0.493 e. The summed E-state index contributed by atoms with van der Waals surface area (Å²) in [4.78, 5) is 7.11. The van der Waals surface area contributed by atoms with Gasteiger partial charge in [0.25, 0.3) is 0 Å². The molecule has 7 nitrogen and oxygen atoms in total. The molecule has 0 aliphatic carbocycles. The Morgan fingerprint density at radius 2 is 1.75 bits per heavy atom. The van der Waals surface area contributed by atoms with Gasteiger partial charge < -0.3 is 30.1 Å². The number of aliphatic hydroxyl groups is 1. The number of nitrogens with zero attached hydrogens (tertiary/aromatic N) is 2. The molecule has 0 atom stereocenters. The third-order valence-electron chi connectivity index (χ3n) is 5.58. The van der Waals surface area contributed by atoms with Crippen LogP contribution in [0.25, 0.3) is 0 Å². The van der Waals surface area contributed by atoms with Crippen LogP contribution in [-0.4, -0.2) is 51.5 Å². The van der Waals surface area contributed by atoms with Crippen LogP contribution in [-0.2, 0) is 6.54 Å². The summed E-state index contributed by atoms with van der Waals surface area (Å²) in [6, 6.07) is 14.3. The number of anilines is 2. The van der Waals surface area contributed by atoms with Gasteiger partial charge in [-0.25, -0.2) is 4.99 Å². The monoisotopic (exact) mass is 554 g/mol. The zero-order valence-electron chi connectivity index (χ0n) is 19.1. The van der Waals surface area contributed by atoms with Crippen LogP contribution >= 0.6 is 24.0 Å². The van der Waals surface area contributed by atoms with Crippen LogP contribution in [0, 0.1) is 5.92 Å². The zero-order chi connectivity index (χ0) is 22.1. The van der Waals surface area contributed by atoms with Crippen molar-refractivity contribution in [1.82, 2.24) is 5.32 Å². The van der Waals surface area contributed by atoms with Gasteiger partial charge in [-0.15, -0.1) is 24.0 Å². The van der Waals surface area contributed by atoms with Gasteiger partial charge in [-0.05, 0) is 55.5 Å². The normalized spacial score (nSPS) is 14.5. The van der Waals surface area contributed by atoms with Crippen LogP contribution < -0.4 is 25.0 Å². The van der Waals surface area contributed by atoms with E-state index < -0.39 is 0 Å². The first-order valence-electron chi connectivity index (χ1n) is 10.9. The lowest BCUT2D eigenvalue weighted by molar-refractivity contribution is 0.203. The van der Waals surface area contributed by atoms with Crippen LogP contribution in [0.1, 0.15) is 25.3 Å². The first-order chi connectivity index (χ1) is 15.2. The summed E-state index contributed by atoms with van der Waals surface area (Å²) in [5.41, 5.74) is 3.26. The van der Waals surface area contributed by atoms with E-state index in [1.165, 1.54) is 5.69 Å². The standard InChI is InChI=1S/C24H34N4O3.HI/c1-4-25-24(27-20-7-10-22(30-2)23(15-20)31-3)26-16-18-5-8-21(9-6-18)28-13-11-19(17-29)12-14-28;/h5-10,15,19,29H,4,11-14,16-17H2,1-3H3,(H2,25,26,27);1H. The number of ether oxygens (including phenoxy) is 2. The highest BCUT2D eigenvalue weighted by Crippen LogP contribution is 2.29. The van der Waals surface area contributed by atoms with E-state index in [2.05, 4.69) is 39.8 Å². The molecule has 0 aromatic heterocycles. The van der Waals surface area contributed by atoms with E-state index in [-0.39, 0.29) is 24.0 Å². The van der Waals surface area contributed by atoms with Gasteiger partial charge in [-0.3, -0.25) is 0 Å². The number of aliphatic imine (C=N–C) groups is 1. The Morgan fingerprint density at radius 3 is 2.34 bits per heavy atom. The molecule has 0 bridgehead atoms. The molecule has 1 saturated heterocycles. The average Bonchev–Trinajstić information content (AvgIpc) is 2.83. The summed E-state index contributed by atoms with van der Waals surface area (Å²) in [5, 5.41) is 15.9. The van der Waals surface area contributed by atoms with Crippen molar-refractivity contribution in [1.29, 1.82) is 0 Å². The fourth-order valence-corrected chi connectivity index (χ4v) is 3.71. The maximum atomic E-state index is 9.32. The summed E-state index contributed by atoms with van der Waals surface area (Å²) in [5.74, 6) is 2.52. The molecule has 0 spiro atoms. The SMILES string of the molecule is CCNC(=NCc1ccc(N2CCC(CO)CC2)cc1)Nc1ccc(OC)c(OC)c1.I. The minimum atomic E-state index is 0. The average molecular weight is 554 g/mol. The number of halogens is 1. The van der Waals surface area contributed by atoms with Gasteiger partial charge in [0.1, 0.15) is 0 Å². The van der Waals surface area contributed by atoms with Crippen LogP contribution in [0.5, 0.6) is 11.5 Å². The van der Waals surface area contributed by atoms with Gasteiger partial charge in [-0.2, -0.15) is 0 Å². The molecule has 1 heterocycles. The Balaban J connectivity index is 0.00000363. The molecule has 8 heteroatoms. The predicted octanol–water partition coefficient (Wildman–Crippen LogP) is 4.11. The molecule has 0 unspecified atom stereocenters. The number of methoxy groups -OCH3 is 2. The van der Waals surface area contributed by atoms with Crippen LogP contribution in [0.3, 0.4) is 0 Å². The van der Waals surface area contributed by atoms with Crippen molar-refractivity contribution in [3.05, 3.63) is 48.0 Å². The molecular weight excluding hydrogens is 519 g/mol. The molecule has 1 aliphatic rings. The number of rotatable bonds is 8. The fourth-order valence-electron chi connectivity index (χ4n) is 3.71. The number of aliphatic hydroxyl groups excluding tert-OH is 1. The number of hydrogen-bond donors (Lipinski definition) is 3. The molecule has 1 fully saturated rings. The zero-order valence-corrected chi connectivity index (χ0v) is 21.5.